The molecule has 10 heteroatoms. The summed E-state index contributed by atoms with van der Waals surface area (Å²) in [7, 11) is 1.52. The fourth-order valence-corrected chi connectivity index (χ4v) is 3.28. The Morgan fingerprint density at radius 2 is 2.12 bits per heavy atom. The van der Waals surface area contributed by atoms with E-state index < -0.39 is 5.97 Å². The molecular weight excluding hydrogens is 346 g/mol. The van der Waals surface area contributed by atoms with Crippen LogP contribution in [0.5, 0.6) is 5.75 Å². The lowest BCUT2D eigenvalue weighted by molar-refractivity contribution is 0.0691. The average Bonchev–Trinajstić information content (AvgIpc) is 3.17. The number of hydrogen-bond donors (Lipinski definition) is 4. The van der Waals surface area contributed by atoms with Crippen LogP contribution >= 0.6 is 11.3 Å². The first-order valence-corrected chi connectivity index (χ1v) is 7.91. The van der Waals surface area contributed by atoms with Crippen LogP contribution < -0.4 is 14.9 Å². The Bertz CT molecular complexity index is 1180. The first-order valence-electron chi connectivity index (χ1n) is 7.10. The summed E-state index contributed by atoms with van der Waals surface area (Å²) in [5.41, 5.74) is 1.70. The van der Waals surface area contributed by atoms with E-state index in [2.05, 4.69) is 25.3 Å². The number of carboxylic acids is 1. The molecule has 0 aliphatic rings. The van der Waals surface area contributed by atoms with E-state index in [1.165, 1.54) is 19.5 Å². The summed E-state index contributed by atoms with van der Waals surface area (Å²) < 4.78 is 6.13. The number of carbonyl (C=O) groups is 1. The fourth-order valence-electron chi connectivity index (χ4n) is 2.53. The van der Waals surface area contributed by atoms with E-state index >= 15 is 0 Å². The van der Waals surface area contributed by atoms with Crippen LogP contribution in [-0.4, -0.2) is 38.1 Å². The van der Waals surface area contributed by atoms with Crippen molar-refractivity contribution in [1.29, 1.82) is 0 Å². The predicted molar refractivity (Wildman–Crippen MR) is 93.1 cm³/mol. The van der Waals surface area contributed by atoms with Gasteiger partial charge in [-0.2, -0.15) is 0 Å². The van der Waals surface area contributed by atoms with Gasteiger partial charge in [-0.15, -0.1) is 0 Å². The number of aromatic amines is 2. The summed E-state index contributed by atoms with van der Waals surface area (Å²) >= 11 is 1.08. The van der Waals surface area contributed by atoms with Crippen molar-refractivity contribution in [1.82, 2.24) is 19.9 Å². The van der Waals surface area contributed by atoms with Gasteiger partial charge in [0.05, 0.1) is 28.4 Å². The normalized spacial score (nSPS) is 11.1. The fraction of sp³-hybridized carbons (Fsp3) is 0.0667. The quantitative estimate of drug-likeness (QED) is 0.440. The molecule has 0 fully saturated rings. The topological polar surface area (TPSA) is 133 Å². The van der Waals surface area contributed by atoms with Crippen molar-refractivity contribution in [2.45, 2.75) is 0 Å². The van der Waals surface area contributed by atoms with E-state index in [9.17, 15) is 9.59 Å². The third kappa shape index (κ3) is 2.58. The lowest BCUT2D eigenvalue weighted by Crippen LogP contribution is -1.98. The molecule has 0 amide bonds. The molecule has 25 heavy (non-hydrogen) atoms. The van der Waals surface area contributed by atoms with Crippen LogP contribution in [0.3, 0.4) is 0 Å². The van der Waals surface area contributed by atoms with E-state index in [-0.39, 0.29) is 10.6 Å². The van der Waals surface area contributed by atoms with Crippen molar-refractivity contribution in [3.63, 3.8) is 0 Å². The smallest absolute Gasteiger partial charge is 0.352 e. The number of aromatic carboxylic acids is 1. The number of fused-ring (bicyclic) bond motifs is 2. The summed E-state index contributed by atoms with van der Waals surface area (Å²) in [5.74, 6) is -0.142. The van der Waals surface area contributed by atoms with Crippen molar-refractivity contribution in [2.75, 3.05) is 12.4 Å². The molecule has 1 aromatic carbocycles. The number of anilines is 2. The Labute approximate surface area is 143 Å². The van der Waals surface area contributed by atoms with E-state index in [1.807, 2.05) is 0 Å². The van der Waals surface area contributed by atoms with Crippen LogP contribution in [0.1, 0.15) is 10.5 Å². The molecule has 9 nitrogen and oxygen atoms in total. The van der Waals surface area contributed by atoms with Crippen molar-refractivity contribution in [3.8, 4) is 5.75 Å². The molecular formula is C15H11N5O4S. The highest BCUT2D eigenvalue weighted by Gasteiger charge is 2.14. The predicted octanol–water partition coefficient (Wildman–Crippen LogP) is 2.31. The second-order valence-electron chi connectivity index (χ2n) is 5.16. The molecule has 126 valence electrons. The van der Waals surface area contributed by atoms with Gasteiger partial charge in [0, 0.05) is 6.07 Å². The minimum absolute atomic E-state index is 0.0184. The number of ether oxygens (including phenoxy) is 1. The maximum atomic E-state index is 11.5. The van der Waals surface area contributed by atoms with Crippen molar-refractivity contribution in [2.24, 2.45) is 0 Å². The van der Waals surface area contributed by atoms with Crippen molar-refractivity contribution < 1.29 is 14.6 Å². The van der Waals surface area contributed by atoms with Gasteiger partial charge >= 0.3 is 10.8 Å². The number of methoxy groups -OCH3 is 1. The van der Waals surface area contributed by atoms with E-state index in [0.29, 0.717) is 33.8 Å². The highest BCUT2D eigenvalue weighted by Crippen LogP contribution is 2.34. The minimum atomic E-state index is -1.08. The number of benzene rings is 1. The molecule has 0 aliphatic heterocycles. The lowest BCUT2D eigenvalue weighted by Gasteiger charge is -2.11. The monoisotopic (exact) mass is 357 g/mol. The zero-order chi connectivity index (χ0) is 17.6. The largest absolute Gasteiger partial charge is 0.494 e. The summed E-state index contributed by atoms with van der Waals surface area (Å²) in [6, 6.07) is 4.95. The maximum Gasteiger partial charge on any atom is 0.352 e. The van der Waals surface area contributed by atoms with Crippen LogP contribution in [0.4, 0.5) is 11.5 Å². The van der Waals surface area contributed by atoms with Gasteiger partial charge in [-0.1, -0.05) is 11.3 Å². The zero-order valence-corrected chi connectivity index (χ0v) is 13.6. The molecule has 0 atom stereocenters. The minimum Gasteiger partial charge on any atom is -0.494 e. The zero-order valence-electron chi connectivity index (χ0n) is 12.8. The van der Waals surface area contributed by atoms with Gasteiger partial charge in [0.15, 0.2) is 0 Å². The first kappa shape index (κ1) is 15.1. The Morgan fingerprint density at radius 3 is 2.88 bits per heavy atom. The van der Waals surface area contributed by atoms with Gasteiger partial charge in [-0.3, -0.25) is 4.79 Å². The molecule has 0 aliphatic carbocycles. The molecule has 0 unspecified atom stereocenters. The molecule has 3 aromatic heterocycles. The molecule has 0 bridgehead atoms. The number of nitrogens with one attached hydrogen (secondary N) is 3. The molecule has 4 N–H and O–H groups in total. The van der Waals surface area contributed by atoms with Crippen LogP contribution in [0, 0.1) is 0 Å². The average molecular weight is 357 g/mol. The Kier molecular flexibility index (Phi) is 3.39. The molecule has 0 spiro atoms. The lowest BCUT2D eigenvalue weighted by atomic mass is 10.2. The highest BCUT2D eigenvalue weighted by atomic mass is 32.1. The SMILES string of the molecule is COc1cc2[nH]c(=O)sc2cc1Nc1ncnc2[nH]c(C(=O)O)cc12. The molecule has 4 rings (SSSR count). The van der Waals surface area contributed by atoms with Crippen molar-refractivity contribution >= 4 is 50.1 Å². The van der Waals surface area contributed by atoms with E-state index in [1.54, 1.807) is 12.1 Å². The number of carboxylic acid groups (broad SMARTS) is 1. The highest BCUT2D eigenvalue weighted by molar-refractivity contribution is 7.16. The molecule has 0 radical (unpaired) electrons. The number of aromatic nitrogens is 4. The van der Waals surface area contributed by atoms with Crippen LogP contribution in [0.25, 0.3) is 21.3 Å². The van der Waals surface area contributed by atoms with Crippen LogP contribution in [0.15, 0.2) is 29.3 Å². The third-order valence-electron chi connectivity index (χ3n) is 3.65. The first-order chi connectivity index (χ1) is 12.0. The van der Waals surface area contributed by atoms with Crippen LogP contribution in [0.2, 0.25) is 0 Å². The molecule has 0 saturated heterocycles. The van der Waals surface area contributed by atoms with Gasteiger partial charge in [0.2, 0.25) is 0 Å². The summed E-state index contributed by atoms with van der Waals surface area (Å²) in [6.45, 7) is 0. The van der Waals surface area contributed by atoms with Gasteiger partial charge < -0.3 is 25.1 Å². The van der Waals surface area contributed by atoms with E-state index in [4.69, 9.17) is 9.84 Å². The second-order valence-corrected chi connectivity index (χ2v) is 6.18. The molecule has 4 aromatic rings. The number of H-pyrrole nitrogens is 2. The maximum absolute atomic E-state index is 11.5. The molecule has 3 heterocycles. The number of thiazole rings is 1. The second kappa shape index (κ2) is 5.60. The van der Waals surface area contributed by atoms with Crippen molar-refractivity contribution in [3.05, 3.63) is 39.9 Å². The Hall–Kier alpha value is -3.40. The summed E-state index contributed by atoms with van der Waals surface area (Å²) in [5, 5.41) is 12.8. The Balaban J connectivity index is 1.84. The summed E-state index contributed by atoms with van der Waals surface area (Å²) in [6.07, 6.45) is 1.33. The summed E-state index contributed by atoms with van der Waals surface area (Å²) in [4.78, 5) is 36.2. The van der Waals surface area contributed by atoms with Gasteiger partial charge in [0.1, 0.15) is 29.2 Å². The molecule has 0 saturated carbocycles. The Morgan fingerprint density at radius 1 is 1.28 bits per heavy atom. The van der Waals surface area contributed by atoms with Gasteiger partial charge in [-0.05, 0) is 12.1 Å². The van der Waals surface area contributed by atoms with Gasteiger partial charge in [0.25, 0.3) is 0 Å². The third-order valence-corrected chi connectivity index (χ3v) is 4.50. The number of rotatable bonds is 4. The van der Waals surface area contributed by atoms with Gasteiger partial charge in [-0.25, -0.2) is 14.8 Å². The van der Waals surface area contributed by atoms with Crippen LogP contribution in [-0.2, 0) is 0 Å². The number of nitrogens with zero attached hydrogens (tertiary/aromatic N) is 2. The van der Waals surface area contributed by atoms with E-state index in [0.717, 1.165) is 16.0 Å². The standard InChI is InChI=1S/C15H11N5O4S/c1-24-10-3-8-11(25-15(23)20-8)4-7(10)18-12-6-2-9(14(21)22)19-13(6)17-5-16-12/h2-5H,1H3,(H,20,23)(H,21,22)(H2,16,17,18,19). The number of hydrogen-bond acceptors (Lipinski definition) is 7.